The van der Waals surface area contributed by atoms with Crippen molar-refractivity contribution in [1.29, 1.82) is 0 Å². The highest BCUT2D eigenvalue weighted by atomic mass is 16.5. The van der Waals surface area contributed by atoms with Crippen molar-refractivity contribution in [3.63, 3.8) is 0 Å². The summed E-state index contributed by atoms with van der Waals surface area (Å²) in [6.07, 6.45) is 4.61. The van der Waals surface area contributed by atoms with Crippen LogP contribution in [0.3, 0.4) is 0 Å². The zero-order chi connectivity index (χ0) is 21.4. The lowest BCUT2D eigenvalue weighted by Crippen LogP contribution is -2.38. The molecule has 0 radical (unpaired) electrons. The first-order chi connectivity index (χ1) is 13.5. The molecule has 0 aromatic heterocycles. The van der Waals surface area contributed by atoms with Crippen molar-refractivity contribution in [3.05, 3.63) is 48.3 Å². The van der Waals surface area contributed by atoms with E-state index in [0.717, 1.165) is 12.8 Å². The maximum atomic E-state index is 12.6. The summed E-state index contributed by atoms with van der Waals surface area (Å²) in [5.41, 5.74) is 0.967. The fourth-order valence-electron chi connectivity index (χ4n) is 4.52. The van der Waals surface area contributed by atoms with Gasteiger partial charge in [0.25, 0.3) is 0 Å². The van der Waals surface area contributed by atoms with Crippen LogP contribution >= 0.6 is 0 Å². The average molecular weight is 398 g/mol. The number of carbonyl (C=O) groups is 2. The van der Waals surface area contributed by atoms with Gasteiger partial charge in [-0.15, -0.1) is 0 Å². The number of ether oxygens (including phenoxy) is 3. The van der Waals surface area contributed by atoms with Gasteiger partial charge in [-0.1, -0.05) is 27.4 Å². The molecule has 2 saturated carbocycles. The Morgan fingerprint density at radius 1 is 1.07 bits per heavy atom. The van der Waals surface area contributed by atoms with Gasteiger partial charge in [-0.3, -0.25) is 0 Å². The second-order valence-electron chi connectivity index (χ2n) is 9.06. The zero-order valence-electron chi connectivity index (χ0n) is 17.9. The number of esters is 2. The van der Waals surface area contributed by atoms with Crippen LogP contribution in [0.2, 0.25) is 0 Å². The van der Waals surface area contributed by atoms with Crippen LogP contribution in [0.1, 0.15) is 53.9 Å². The third-order valence-corrected chi connectivity index (χ3v) is 7.04. The average Bonchev–Trinajstić information content (AvgIpc) is 3.00. The van der Waals surface area contributed by atoms with Crippen LogP contribution in [0.5, 0.6) is 11.5 Å². The van der Waals surface area contributed by atoms with Crippen molar-refractivity contribution in [2.24, 2.45) is 16.7 Å². The molecule has 3 rings (SSSR count). The first-order valence-electron chi connectivity index (χ1n) is 10.1. The van der Waals surface area contributed by atoms with Crippen LogP contribution < -0.4 is 9.47 Å². The van der Waals surface area contributed by atoms with E-state index in [-0.39, 0.29) is 22.9 Å². The van der Waals surface area contributed by atoms with Crippen LogP contribution in [0.25, 0.3) is 0 Å². The standard InChI is InChI=1S/C24H30O5/c1-15(2)21(25)28-19-9-7-18(8-10-19)27-14-16(3)22(26)29-20-13-17-11-12-24(20,6)23(17,4)5/h7-10,14,17,20H,1,11-13H2,2-6H3/b16-14+. The molecule has 0 spiro atoms. The number of rotatable bonds is 6. The van der Waals surface area contributed by atoms with Crippen molar-refractivity contribution >= 4 is 11.9 Å². The van der Waals surface area contributed by atoms with Gasteiger partial charge < -0.3 is 14.2 Å². The molecule has 5 nitrogen and oxygen atoms in total. The molecule has 156 valence electrons. The number of hydrogen-bond donors (Lipinski definition) is 0. The molecule has 3 atom stereocenters. The Balaban J connectivity index is 1.57. The summed E-state index contributed by atoms with van der Waals surface area (Å²) in [5.74, 6) is 0.724. The molecule has 1 aromatic carbocycles. The van der Waals surface area contributed by atoms with Crippen LogP contribution in [-0.4, -0.2) is 18.0 Å². The van der Waals surface area contributed by atoms with Gasteiger partial charge in [0.05, 0.1) is 5.57 Å². The second-order valence-corrected chi connectivity index (χ2v) is 9.06. The van der Waals surface area contributed by atoms with Crippen molar-refractivity contribution in [2.45, 2.75) is 60.0 Å². The summed E-state index contributed by atoms with van der Waals surface area (Å²) in [7, 11) is 0. The minimum absolute atomic E-state index is 0.0333. The zero-order valence-corrected chi connectivity index (χ0v) is 17.9. The highest BCUT2D eigenvalue weighted by molar-refractivity contribution is 5.89. The summed E-state index contributed by atoms with van der Waals surface area (Å²) >= 11 is 0. The first-order valence-corrected chi connectivity index (χ1v) is 10.1. The lowest BCUT2D eigenvalue weighted by atomic mass is 9.70. The molecule has 1 aromatic rings. The number of hydrogen-bond acceptors (Lipinski definition) is 5. The van der Waals surface area contributed by atoms with Gasteiger partial charge in [0.15, 0.2) is 0 Å². The van der Waals surface area contributed by atoms with E-state index in [1.54, 1.807) is 38.1 Å². The van der Waals surface area contributed by atoms with E-state index in [1.807, 2.05) is 0 Å². The monoisotopic (exact) mass is 398 g/mol. The predicted molar refractivity (Wildman–Crippen MR) is 110 cm³/mol. The molecule has 2 aliphatic rings. The topological polar surface area (TPSA) is 61.8 Å². The Morgan fingerprint density at radius 2 is 1.69 bits per heavy atom. The van der Waals surface area contributed by atoms with Crippen LogP contribution in [0.15, 0.2) is 48.3 Å². The molecule has 0 aliphatic heterocycles. The summed E-state index contributed by atoms with van der Waals surface area (Å²) in [6.45, 7) is 13.7. The van der Waals surface area contributed by atoms with Crippen molar-refractivity contribution in [2.75, 3.05) is 0 Å². The van der Waals surface area contributed by atoms with Crippen molar-refractivity contribution < 1.29 is 23.8 Å². The Kier molecular flexibility index (Phi) is 5.61. The molecule has 2 aliphatic carbocycles. The third kappa shape index (κ3) is 3.96. The molecule has 2 bridgehead atoms. The highest BCUT2D eigenvalue weighted by Crippen LogP contribution is 2.66. The summed E-state index contributed by atoms with van der Waals surface area (Å²) < 4.78 is 16.6. The third-order valence-electron chi connectivity index (χ3n) is 7.04. The second kappa shape index (κ2) is 7.69. The largest absolute Gasteiger partial charge is 0.464 e. The van der Waals surface area contributed by atoms with E-state index in [2.05, 4.69) is 27.4 Å². The quantitative estimate of drug-likeness (QED) is 0.285. The Morgan fingerprint density at radius 3 is 2.21 bits per heavy atom. The molecule has 0 saturated heterocycles. The van der Waals surface area contributed by atoms with Gasteiger partial charge in [0, 0.05) is 11.0 Å². The normalized spacial score (nSPS) is 27.4. The summed E-state index contributed by atoms with van der Waals surface area (Å²) in [6, 6.07) is 6.57. The molecule has 3 unspecified atom stereocenters. The van der Waals surface area contributed by atoms with E-state index < -0.39 is 5.97 Å². The minimum Gasteiger partial charge on any atom is -0.464 e. The Hall–Kier alpha value is -2.56. The van der Waals surface area contributed by atoms with Gasteiger partial charge in [-0.2, -0.15) is 0 Å². The van der Waals surface area contributed by atoms with E-state index in [4.69, 9.17) is 14.2 Å². The van der Waals surface area contributed by atoms with Gasteiger partial charge >= 0.3 is 11.9 Å². The molecule has 2 fully saturated rings. The lowest BCUT2D eigenvalue weighted by molar-refractivity contribution is -0.152. The Bertz CT molecular complexity index is 849. The van der Waals surface area contributed by atoms with Crippen LogP contribution in [-0.2, 0) is 14.3 Å². The van der Waals surface area contributed by atoms with Gasteiger partial charge in [0.2, 0.25) is 0 Å². The van der Waals surface area contributed by atoms with Gasteiger partial charge in [0.1, 0.15) is 23.9 Å². The van der Waals surface area contributed by atoms with Gasteiger partial charge in [-0.05, 0) is 68.7 Å². The minimum atomic E-state index is -0.477. The van der Waals surface area contributed by atoms with E-state index in [0.29, 0.717) is 28.6 Å². The lowest BCUT2D eigenvalue weighted by Gasteiger charge is -2.38. The summed E-state index contributed by atoms with van der Waals surface area (Å²) in [5, 5.41) is 0. The maximum Gasteiger partial charge on any atom is 0.338 e. The fourth-order valence-corrected chi connectivity index (χ4v) is 4.52. The van der Waals surface area contributed by atoms with Crippen molar-refractivity contribution in [1.82, 2.24) is 0 Å². The van der Waals surface area contributed by atoms with Crippen LogP contribution in [0, 0.1) is 16.7 Å². The molecule has 29 heavy (non-hydrogen) atoms. The summed E-state index contributed by atoms with van der Waals surface area (Å²) in [4.78, 5) is 24.1. The highest BCUT2D eigenvalue weighted by Gasteiger charge is 2.62. The number of fused-ring (bicyclic) bond motifs is 2. The van der Waals surface area contributed by atoms with E-state index in [1.165, 1.54) is 12.7 Å². The predicted octanol–water partition coefficient (Wildman–Crippen LogP) is 5.21. The van der Waals surface area contributed by atoms with Crippen molar-refractivity contribution in [3.8, 4) is 11.5 Å². The first kappa shape index (κ1) is 21.2. The Labute approximate surface area is 172 Å². The SMILES string of the molecule is C=C(C)C(=O)Oc1ccc(O/C=C(\C)C(=O)OC2CC3CCC2(C)C3(C)C)cc1. The molecular formula is C24H30O5. The molecule has 0 N–H and O–H groups in total. The molecule has 5 heteroatoms. The smallest absolute Gasteiger partial charge is 0.338 e. The number of carbonyl (C=O) groups excluding carboxylic acids is 2. The van der Waals surface area contributed by atoms with Crippen LogP contribution in [0.4, 0.5) is 0 Å². The molecule has 0 amide bonds. The molecular weight excluding hydrogens is 368 g/mol. The fraction of sp³-hybridized carbons (Fsp3) is 0.500. The number of benzene rings is 1. The van der Waals surface area contributed by atoms with E-state index >= 15 is 0 Å². The maximum absolute atomic E-state index is 12.6. The molecule has 0 heterocycles. The van der Waals surface area contributed by atoms with E-state index in [9.17, 15) is 9.59 Å². The van der Waals surface area contributed by atoms with Gasteiger partial charge in [-0.25, -0.2) is 9.59 Å².